The Labute approximate surface area is 303 Å². The van der Waals surface area contributed by atoms with Crippen LogP contribution in [0.25, 0.3) is 0 Å². The van der Waals surface area contributed by atoms with E-state index >= 15 is 0 Å². The Hall–Kier alpha value is -4.97. The Morgan fingerprint density at radius 2 is 1.19 bits per heavy atom. The van der Waals surface area contributed by atoms with Crippen molar-refractivity contribution in [2.75, 3.05) is 91.0 Å². The zero-order chi connectivity index (χ0) is 37.1. The summed E-state index contributed by atoms with van der Waals surface area (Å²) < 4.78 is 35.1. The molecule has 0 aliphatic rings. The predicted molar refractivity (Wildman–Crippen MR) is 199 cm³/mol. The molecule has 0 aliphatic heterocycles. The van der Waals surface area contributed by atoms with Crippen LogP contribution in [-0.2, 0) is 25.5 Å². The fraction of sp³-hybridized carbons (Fsp3) is 0.389. The van der Waals surface area contributed by atoms with Crippen molar-refractivity contribution in [3.05, 3.63) is 101 Å². The fourth-order valence-electron chi connectivity index (χ4n) is 4.29. The number of hydrogen-bond acceptors (Lipinski definition) is 9. The van der Waals surface area contributed by atoms with E-state index in [1.165, 1.54) is 12.1 Å². The molecule has 15 nitrogen and oxygen atoms in total. The highest BCUT2D eigenvalue weighted by Crippen LogP contribution is 2.09. The number of carbonyl (C=O) groups is 2. The maximum Gasteiger partial charge on any atom is 0.251 e. The quantitative estimate of drug-likeness (QED) is 0.0400. The summed E-state index contributed by atoms with van der Waals surface area (Å²) in [7, 11) is 0. The van der Waals surface area contributed by atoms with Crippen LogP contribution in [0.2, 0.25) is 0 Å². The summed E-state index contributed by atoms with van der Waals surface area (Å²) in [6.45, 7) is 5.45. The number of hydrogen-bond donors (Lipinski definition) is 7. The number of carbonyl (C=O) groups excluding carboxylic acids is 2. The van der Waals surface area contributed by atoms with Gasteiger partial charge in [-0.05, 0) is 54.1 Å². The van der Waals surface area contributed by atoms with Crippen molar-refractivity contribution in [1.82, 2.24) is 21.3 Å². The van der Waals surface area contributed by atoms with Crippen LogP contribution in [0.5, 0.6) is 0 Å². The Kier molecular flexibility index (Phi) is 20.6. The van der Waals surface area contributed by atoms with Crippen molar-refractivity contribution < 1.29 is 32.9 Å². The molecule has 282 valence electrons. The molecule has 0 atom stereocenters. The summed E-state index contributed by atoms with van der Waals surface area (Å²) in [5.41, 5.74) is 14.2. The first kappa shape index (κ1) is 41.5. The highest BCUT2D eigenvalue weighted by atomic mass is 19.1. The second-order valence-electron chi connectivity index (χ2n) is 10.9. The van der Waals surface area contributed by atoms with Crippen LogP contribution < -0.4 is 38.1 Å². The van der Waals surface area contributed by atoms with Gasteiger partial charge >= 0.3 is 0 Å². The van der Waals surface area contributed by atoms with Crippen molar-refractivity contribution in [2.45, 2.75) is 6.54 Å². The molecule has 0 bridgehead atoms. The maximum atomic E-state index is 13.2. The number of anilines is 1. The zero-order valence-corrected chi connectivity index (χ0v) is 29.3. The first-order valence-electron chi connectivity index (χ1n) is 17.0. The van der Waals surface area contributed by atoms with E-state index in [0.717, 1.165) is 5.56 Å². The molecule has 0 radical (unpaired) electrons. The van der Waals surface area contributed by atoms with Crippen molar-refractivity contribution >= 4 is 29.4 Å². The van der Waals surface area contributed by atoms with Gasteiger partial charge in [-0.3, -0.25) is 14.9 Å². The Bertz CT molecular complexity index is 1500. The van der Waals surface area contributed by atoms with E-state index in [-0.39, 0.29) is 36.2 Å². The lowest BCUT2D eigenvalue weighted by Crippen LogP contribution is -2.32. The van der Waals surface area contributed by atoms with Gasteiger partial charge in [0, 0.05) is 49.5 Å². The molecule has 0 heterocycles. The largest absolute Gasteiger partial charge is 0.378 e. The second kappa shape index (κ2) is 25.9. The van der Waals surface area contributed by atoms with Crippen LogP contribution in [0.1, 0.15) is 26.3 Å². The summed E-state index contributed by atoms with van der Waals surface area (Å²) in [4.78, 5) is 33.4. The number of benzene rings is 3. The van der Waals surface area contributed by atoms with Gasteiger partial charge in [0.25, 0.3) is 11.8 Å². The first-order valence-corrected chi connectivity index (χ1v) is 17.0. The maximum absolute atomic E-state index is 13.2. The average Bonchev–Trinajstić information content (AvgIpc) is 3.16. The molecule has 0 saturated heterocycles. The second-order valence-corrected chi connectivity index (χ2v) is 10.9. The Morgan fingerprint density at radius 3 is 1.77 bits per heavy atom. The molecular weight excluding hydrogens is 673 g/mol. The standard InChI is InChI=1S/C36H50FN9O6/c37-31-10-6-28(7-11-31)26-40-27-44-36(43-17-21-52-25-24-51-19-15-41-33(47)29-4-2-1-3-5-29)46-35(39)45-32-12-8-30(9-13-32)34(48)42-16-20-50-23-22-49-18-14-38/h1-13,40H,14-27,38H2,(H,41,47)(H,42,48)(H4,39,43,44,45,46). The number of nitrogens with one attached hydrogen (secondary N) is 5. The number of rotatable bonds is 24. The third-order valence-corrected chi connectivity index (χ3v) is 6.86. The highest BCUT2D eigenvalue weighted by molar-refractivity contribution is 6.01. The average molecular weight is 724 g/mol. The van der Waals surface area contributed by atoms with Crippen LogP contribution in [0.15, 0.2) is 88.8 Å². The molecule has 3 aromatic rings. The minimum absolute atomic E-state index is 0.0725. The molecule has 2 amide bonds. The van der Waals surface area contributed by atoms with E-state index in [1.54, 1.807) is 48.5 Å². The molecule has 3 rings (SSSR count). The Morgan fingerprint density at radius 1 is 0.654 bits per heavy atom. The van der Waals surface area contributed by atoms with Gasteiger partial charge in [-0.15, -0.1) is 0 Å². The molecule has 0 spiro atoms. The summed E-state index contributed by atoms with van der Waals surface area (Å²) in [6.07, 6.45) is 0. The molecular formula is C36H50FN9O6. The van der Waals surface area contributed by atoms with Crippen molar-refractivity contribution in [2.24, 2.45) is 21.5 Å². The summed E-state index contributed by atoms with van der Waals surface area (Å²) >= 11 is 0. The van der Waals surface area contributed by atoms with Crippen LogP contribution in [-0.4, -0.2) is 109 Å². The normalized spacial score (nSPS) is 11.7. The number of guanidine groups is 2. The molecule has 0 fully saturated rings. The molecule has 16 heteroatoms. The van der Waals surface area contributed by atoms with Gasteiger partial charge in [0.05, 0.1) is 59.5 Å². The molecule has 3 aromatic carbocycles. The smallest absolute Gasteiger partial charge is 0.251 e. The summed E-state index contributed by atoms with van der Waals surface area (Å²) in [5.74, 6) is -0.348. The van der Waals surface area contributed by atoms with Gasteiger partial charge in [-0.1, -0.05) is 30.3 Å². The van der Waals surface area contributed by atoms with E-state index in [4.69, 9.17) is 30.4 Å². The minimum atomic E-state index is -0.299. The topological polar surface area (TPSA) is 208 Å². The number of amides is 2. The van der Waals surface area contributed by atoms with E-state index < -0.39 is 0 Å². The van der Waals surface area contributed by atoms with Crippen molar-refractivity contribution in [1.29, 1.82) is 0 Å². The lowest BCUT2D eigenvalue weighted by molar-refractivity contribution is 0.0502. The van der Waals surface area contributed by atoms with Gasteiger partial charge in [0.15, 0.2) is 0 Å². The van der Waals surface area contributed by atoms with E-state index in [2.05, 4.69) is 36.6 Å². The molecule has 0 unspecified atom stereocenters. The lowest BCUT2D eigenvalue weighted by Gasteiger charge is -2.11. The molecule has 52 heavy (non-hydrogen) atoms. The fourth-order valence-corrected chi connectivity index (χ4v) is 4.29. The van der Waals surface area contributed by atoms with E-state index in [1.807, 2.05) is 18.2 Å². The van der Waals surface area contributed by atoms with Crippen LogP contribution >= 0.6 is 0 Å². The van der Waals surface area contributed by atoms with Crippen molar-refractivity contribution in [3.8, 4) is 0 Å². The predicted octanol–water partition coefficient (Wildman–Crippen LogP) is 1.43. The third kappa shape index (κ3) is 18.3. The van der Waals surface area contributed by atoms with Crippen LogP contribution in [0.3, 0.4) is 0 Å². The van der Waals surface area contributed by atoms with Crippen molar-refractivity contribution in [3.63, 3.8) is 0 Å². The summed E-state index contributed by atoms with van der Waals surface area (Å²) in [6, 6.07) is 21.9. The number of nitrogens with zero attached hydrogens (tertiary/aromatic N) is 2. The highest BCUT2D eigenvalue weighted by Gasteiger charge is 2.07. The number of halogens is 1. The molecule has 0 aliphatic carbocycles. The van der Waals surface area contributed by atoms with Gasteiger partial charge in [0.1, 0.15) is 5.82 Å². The molecule has 9 N–H and O–H groups in total. The Balaban J connectivity index is 1.40. The summed E-state index contributed by atoms with van der Waals surface area (Å²) in [5, 5.41) is 14.9. The minimum Gasteiger partial charge on any atom is -0.378 e. The van der Waals surface area contributed by atoms with Gasteiger partial charge < -0.3 is 51.7 Å². The molecule has 0 aromatic heterocycles. The number of ether oxygens (including phenoxy) is 4. The number of aliphatic imine (C=N–C) groups is 2. The SMILES string of the molecule is NCCOCCOCCNC(=O)c1ccc(N/C(N)=N/C(=N\CNCc2ccc(F)cc2)NCCOCCOCCNC(=O)c2ccccc2)cc1. The first-order chi connectivity index (χ1) is 25.4. The van der Waals surface area contributed by atoms with Gasteiger partial charge in [0.2, 0.25) is 11.9 Å². The lowest BCUT2D eigenvalue weighted by atomic mass is 10.2. The van der Waals surface area contributed by atoms with Gasteiger partial charge in [-0.2, -0.15) is 4.99 Å². The van der Waals surface area contributed by atoms with E-state index in [9.17, 15) is 14.0 Å². The third-order valence-electron chi connectivity index (χ3n) is 6.86. The molecule has 0 saturated carbocycles. The van der Waals surface area contributed by atoms with Crippen LogP contribution in [0, 0.1) is 5.82 Å². The number of nitrogens with two attached hydrogens (primary N) is 2. The van der Waals surface area contributed by atoms with E-state index in [0.29, 0.717) is 102 Å². The van der Waals surface area contributed by atoms with Gasteiger partial charge in [-0.25, -0.2) is 9.38 Å². The monoisotopic (exact) mass is 723 g/mol. The van der Waals surface area contributed by atoms with Crippen LogP contribution in [0.4, 0.5) is 10.1 Å². The zero-order valence-electron chi connectivity index (χ0n) is 29.3.